The highest BCUT2D eigenvalue weighted by atomic mass is 16.5. The number of likely N-dealkylation sites (N-methyl/N-ethyl adjacent to an activating group) is 1. The second kappa shape index (κ2) is 8.41. The average molecular weight is 366 g/mol. The van der Waals surface area contributed by atoms with E-state index in [1.54, 1.807) is 19.1 Å². The normalized spacial score (nSPS) is 10.8. The second-order valence-corrected chi connectivity index (χ2v) is 6.34. The van der Waals surface area contributed by atoms with Crippen LogP contribution in [0.5, 0.6) is 0 Å². The van der Waals surface area contributed by atoms with Crippen LogP contribution < -0.4 is 10.6 Å². The van der Waals surface area contributed by atoms with Gasteiger partial charge < -0.3 is 20.1 Å². The van der Waals surface area contributed by atoms with Crippen LogP contribution in [0.25, 0.3) is 11.4 Å². The Morgan fingerprint density at radius 2 is 1.89 bits per heavy atom. The van der Waals surface area contributed by atoms with Crippen molar-refractivity contribution in [2.24, 2.45) is 0 Å². The summed E-state index contributed by atoms with van der Waals surface area (Å²) in [6.07, 6.45) is 0. The summed E-state index contributed by atoms with van der Waals surface area (Å²) >= 11 is 0. The molecule has 0 saturated heterocycles. The summed E-state index contributed by atoms with van der Waals surface area (Å²) in [6.45, 7) is 3.29. The van der Waals surface area contributed by atoms with Gasteiger partial charge in [0.1, 0.15) is 17.3 Å². The smallest absolute Gasteiger partial charge is 0.275 e. The third kappa shape index (κ3) is 5.11. The van der Waals surface area contributed by atoms with Gasteiger partial charge in [0, 0.05) is 30.8 Å². The van der Waals surface area contributed by atoms with Crippen molar-refractivity contribution in [2.45, 2.75) is 6.92 Å². The quantitative estimate of drug-likeness (QED) is 0.663. The van der Waals surface area contributed by atoms with E-state index >= 15 is 0 Å². The summed E-state index contributed by atoms with van der Waals surface area (Å²) in [6, 6.07) is 12.8. The highest BCUT2D eigenvalue weighted by Crippen LogP contribution is 2.18. The molecule has 0 unspecified atom stereocenters. The molecule has 1 aromatic carbocycles. The summed E-state index contributed by atoms with van der Waals surface area (Å²) in [7, 11) is 3.99. The van der Waals surface area contributed by atoms with E-state index in [1.165, 1.54) is 0 Å². The maximum Gasteiger partial charge on any atom is 0.275 e. The largest absolute Gasteiger partial charge is 0.369 e. The first kappa shape index (κ1) is 18.5. The van der Waals surface area contributed by atoms with Gasteiger partial charge >= 0.3 is 0 Å². The Morgan fingerprint density at radius 3 is 2.56 bits per heavy atom. The van der Waals surface area contributed by atoms with Crippen LogP contribution in [-0.2, 0) is 0 Å². The van der Waals surface area contributed by atoms with Crippen LogP contribution in [0.3, 0.4) is 0 Å². The molecule has 0 bridgehead atoms. The standard InChI is InChI=1S/C19H22N6O2/c1-13-11-17(24-27-13)23-19(26)15-12-16(20-9-10-25(2)3)22-18(21-15)14-7-5-4-6-8-14/h4-8,11-12H,9-10H2,1-3H3,(H,20,21,22)(H,23,24,26). The fourth-order valence-corrected chi connectivity index (χ4v) is 2.38. The van der Waals surface area contributed by atoms with Crippen LogP contribution in [0.15, 0.2) is 47.0 Å². The molecule has 0 atom stereocenters. The first-order valence-electron chi connectivity index (χ1n) is 8.59. The number of aryl methyl sites for hydroxylation is 1. The lowest BCUT2D eigenvalue weighted by Crippen LogP contribution is -2.22. The third-order valence-electron chi connectivity index (χ3n) is 3.73. The third-order valence-corrected chi connectivity index (χ3v) is 3.73. The molecule has 2 heterocycles. The highest BCUT2D eigenvalue weighted by Gasteiger charge is 2.15. The maximum absolute atomic E-state index is 12.6. The van der Waals surface area contributed by atoms with Crippen LogP contribution in [-0.4, -0.2) is 53.1 Å². The lowest BCUT2D eigenvalue weighted by Gasteiger charge is -2.12. The number of rotatable bonds is 7. The van der Waals surface area contributed by atoms with E-state index < -0.39 is 0 Å². The van der Waals surface area contributed by atoms with Gasteiger partial charge in [-0.3, -0.25) is 4.79 Å². The van der Waals surface area contributed by atoms with E-state index in [1.807, 2.05) is 44.4 Å². The Bertz CT molecular complexity index is 908. The van der Waals surface area contributed by atoms with Crippen molar-refractivity contribution in [3.8, 4) is 11.4 Å². The Morgan fingerprint density at radius 1 is 1.11 bits per heavy atom. The Balaban J connectivity index is 1.87. The molecule has 8 heteroatoms. The van der Waals surface area contributed by atoms with Gasteiger partial charge in [0.05, 0.1) is 0 Å². The highest BCUT2D eigenvalue weighted by molar-refractivity contribution is 6.03. The summed E-state index contributed by atoms with van der Waals surface area (Å²) < 4.78 is 4.98. The van der Waals surface area contributed by atoms with E-state index in [0.717, 1.165) is 12.1 Å². The maximum atomic E-state index is 12.6. The Hall–Kier alpha value is -3.26. The minimum absolute atomic E-state index is 0.247. The van der Waals surface area contributed by atoms with E-state index in [9.17, 15) is 4.79 Å². The predicted molar refractivity (Wildman–Crippen MR) is 104 cm³/mol. The molecule has 0 aliphatic heterocycles. The number of anilines is 2. The molecule has 0 aliphatic carbocycles. The summed E-state index contributed by atoms with van der Waals surface area (Å²) in [4.78, 5) is 23.6. The molecule has 2 aromatic heterocycles. The molecule has 0 spiro atoms. The molecule has 3 rings (SSSR count). The Kier molecular flexibility index (Phi) is 5.77. The van der Waals surface area contributed by atoms with Crippen molar-refractivity contribution < 1.29 is 9.32 Å². The van der Waals surface area contributed by atoms with Crippen LogP contribution in [0.2, 0.25) is 0 Å². The number of nitrogens with one attached hydrogen (secondary N) is 2. The van der Waals surface area contributed by atoms with Crippen LogP contribution in [0.1, 0.15) is 16.2 Å². The van der Waals surface area contributed by atoms with Crippen molar-refractivity contribution in [3.63, 3.8) is 0 Å². The average Bonchev–Trinajstić information content (AvgIpc) is 3.06. The molecule has 0 radical (unpaired) electrons. The van der Waals surface area contributed by atoms with Crippen LogP contribution in [0.4, 0.5) is 11.6 Å². The van der Waals surface area contributed by atoms with Gasteiger partial charge in [0.2, 0.25) is 0 Å². The molecule has 8 nitrogen and oxygen atoms in total. The number of nitrogens with zero attached hydrogens (tertiary/aromatic N) is 4. The molecule has 2 N–H and O–H groups in total. The van der Waals surface area contributed by atoms with Gasteiger partial charge in [-0.15, -0.1) is 0 Å². The van der Waals surface area contributed by atoms with Crippen molar-refractivity contribution >= 4 is 17.5 Å². The zero-order chi connectivity index (χ0) is 19.2. The van der Waals surface area contributed by atoms with Crippen molar-refractivity contribution in [1.82, 2.24) is 20.0 Å². The summed E-state index contributed by atoms with van der Waals surface area (Å²) in [5.74, 6) is 1.65. The lowest BCUT2D eigenvalue weighted by atomic mass is 10.2. The molecule has 0 aliphatic rings. The monoisotopic (exact) mass is 366 g/mol. The first-order chi connectivity index (χ1) is 13.0. The van der Waals surface area contributed by atoms with E-state index in [-0.39, 0.29) is 11.6 Å². The summed E-state index contributed by atoms with van der Waals surface area (Å²) in [5, 5.41) is 9.71. The number of carbonyl (C=O) groups excluding carboxylic acids is 1. The van der Waals surface area contributed by atoms with Gasteiger partial charge in [0.15, 0.2) is 11.6 Å². The molecule has 1 amide bonds. The van der Waals surface area contributed by atoms with Gasteiger partial charge in [-0.1, -0.05) is 35.5 Å². The van der Waals surface area contributed by atoms with Gasteiger partial charge in [0.25, 0.3) is 5.91 Å². The molecule has 0 fully saturated rings. The van der Waals surface area contributed by atoms with Crippen molar-refractivity contribution in [2.75, 3.05) is 37.8 Å². The van der Waals surface area contributed by atoms with Gasteiger partial charge in [-0.2, -0.15) is 0 Å². The molecular weight excluding hydrogens is 344 g/mol. The van der Waals surface area contributed by atoms with Crippen molar-refractivity contribution in [3.05, 3.63) is 53.9 Å². The minimum Gasteiger partial charge on any atom is -0.369 e. The molecular formula is C19H22N6O2. The second-order valence-electron chi connectivity index (χ2n) is 6.34. The fourth-order valence-electron chi connectivity index (χ4n) is 2.38. The lowest BCUT2D eigenvalue weighted by molar-refractivity contribution is 0.102. The topological polar surface area (TPSA) is 96.2 Å². The van der Waals surface area contributed by atoms with Gasteiger partial charge in [-0.05, 0) is 21.0 Å². The fraction of sp³-hybridized carbons (Fsp3) is 0.263. The van der Waals surface area contributed by atoms with Gasteiger partial charge in [-0.25, -0.2) is 9.97 Å². The minimum atomic E-state index is -0.376. The van der Waals surface area contributed by atoms with Crippen LogP contribution >= 0.6 is 0 Å². The Labute approximate surface area is 157 Å². The molecule has 3 aromatic rings. The molecule has 0 saturated carbocycles. The number of aromatic nitrogens is 3. The number of hydrogen-bond donors (Lipinski definition) is 2. The number of hydrogen-bond acceptors (Lipinski definition) is 7. The zero-order valence-electron chi connectivity index (χ0n) is 15.6. The number of benzene rings is 1. The molecule has 140 valence electrons. The molecule has 27 heavy (non-hydrogen) atoms. The zero-order valence-corrected chi connectivity index (χ0v) is 15.6. The first-order valence-corrected chi connectivity index (χ1v) is 8.59. The number of carbonyl (C=O) groups is 1. The van der Waals surface area contributed by atoms with E-state index in [0.29, 0.717) is 29.8 Å². The number of amides is 1. The summed E-state index contributed by atoms with van der Waals surface area (Å²) in [5.41, 5.74) is 1.08. The van der Waals surface area contributed by atoms with E-state index in [4.69, 9.17) is 4.52 Å². The van der Waals surface area contributed by atoms with Crippen LogP contribution in [0, 0.1) is 6.92 Å². The predicted octanol–water partition coefficient (Wildman–Crippen LogP) is 2.67. The SMILES string of the molecule is Cc1cc(NC(=O)c2cc(NCCN(C)C)nc(-c3ccccc3)n2)no1. The van der Waals surface area contributed by atoms with E-state index in [2.05, 4.69) is 30.7 Å². The van der Waals surface area contributed by atoms with Crippen molar-refractivity contribution in [1.29, 1.82) is 0 Å².